The number of hydrogen-bond acceptors (Lipinski definition) is 5. The number of benzene rings is 1. The van der Waals surface area contributed by atoms with Crippen LogP contribution in [0.15, 0.2) is 24.3 Å². The highest BCUT2D eigenvalue weighted by atomic mass is 16.5. The minimum atomic E-state index is -0.701. The minimum Gasteiger partial charge on any atom is -0.497 e. The predicted octanol–water partition coefficient (Wildman–Crippen LogP) is 1.73. The molecule has 132 valence electrons. The van der Waals surface area contributed by atoms with Crippen molar-refractivity contribution in [2.75, 3.05) is 26.8 Å². The lowest BCUT2D eigenvalue weighted by atomic mass is 9.99. The highest BCUT2D eigenvalue weighted by molar-refractivity contribution is 5.83. The minimum absolute atomic E-state index is 0.0942. The van der Waals surface area contributed by atoms with Gasteiger partial charge in [0.05, 0.1) is 20.3 Å². The number of nitrogens with zero attached hydrogens (tertiary/aromatic N) is 1. The van der Waals surface area contributed by atoms with Crippen LogP contribution in [0.25, 0.3) is 0 Å². The molecule has 0 saturated carbocycles. The van der Waals surface area contributed by atoms with E-state index in [1.165, 1.54) is 0 Å². The van der Waals surface area contributed by atoms with Gasteiger partial charge < -0.3 is 14.8 Å². The number of carbonyl (C=O) groups excluding carboxylic acids is 2. The lowest BCUT2D eigenvalue weighted by Gasteiger charge is -2.32. The van der Waals surface area contributed by atoms with Gasteiger partial charge in [-0.25, -0.2) is 0 Å². The SMILES string of the molecule is CCOC(=O)[C@@]1(C)CCCN1CC(=O)NCc1ccc(OC)cc1. The molecule has 1 aromatic rings. The summed E-state index contributed by atoms with van der Waals surface area (Å²) in [4.78, 5) is 26.3. The number of rotatable bonds is 7. The largest absolute Gasteiger partial charge is 0.497 e. The zero-order valence-electron chi connectivity index (χ0n) is 14.6. The maximum Gasteiger partial charge on any atom is 0.326 e. The summed E-state index contributed by atoms with van der Waals surface area (Å²) in [5.74, 6) is 0.445. The quantitative estimate of drug-likeness (QED) is 0.769. The van der Waals surface area contributed by atoms with E-state index in [-0.39, 0.29) is 18.4 Å². The van der Waals surface area contributed by atoms with Gasteiger partial charge in [0.1, 0.15) is 11.3 Å². The first-order valence-corrected chi connectivity index (χ1v) is 8.31. The fourth-order valence-corrected chi connectivity index (χ4v) is 2.96. The van der Waals surface area contributed by atoms with Gasteiger partial charge in [-0.05, 0) is 50.9 Å². The Bertz CT molecular complexity index is 573. The van der Waals surface area contributed by atoms with E-state index < -0.39 is 5.54 Å². The van der Waals surface area contributed by atoms with Gasteiger partial charge in [-0.3, -0.25) is 14.5 Å². The molecule has 1 atom stereocenters. The molecule has 1 saturated heterocycles. The first-order chi connectivity index (χ1) is 11.5. The second-order valence-corrected chi connectivity index (χ2v) is 6.14. The van der Waals surface area contributed by atoms with Crippen molar-refractivity contribution in [2.24, 2.45) is 0 Å². The highest BCUT2D eigenvalue weighted by Gasteiger charge is 2.44. The van der Waals surface area contributed by atoms with Crippen LogP contribution in [0.4, 0.5) is 0 Å². The Morgan fingerprint density at radius 3 is 2.62 bits per heavy atom. The molecule has 1 amide bonds. The lowest BCUT2D eigenvalue weighted by molar-refractivity contribution is -0.155. The number of hydrogen-bond donors (Lipinski definition) is 1. The van der Waals surface area contributed by atoms with Crippen molar-refractivity contribution >= 4 is 11.9 Å². The Kier molecular flexibility index (Phi) is 6.20. The number of nitrogens with one attached hydrogen (secondary N) is 1. The number of amides is 1. The van der Waals surface area contributed by atoms with Gasteiger partial charge in [0.25, 0.3) is 0 Å². The Hall–Kier alpha value is -2.08. The van der Waals surface area contributed by atoms with E-state index in [9.17, 15) is 9.59 Å². The fraction of sp³-hybridized carbons (Fsp3) is 0.556. The number of likely N-dealkylation sites (tertiary alicyclic amines) is 1. The maximum atomic E-state index is 12.2. The van der Waals surface area contributed by atoms with Crippen LogP contribution in [0.5, 0.6) is 5.75 Å². The Balaban J connectivity index is 1.87. The molecule has 0 unspecified atom stereocenters. The third-order valence-corrected chi connectivity index (χ3v) is 4.49. The van der Waals surface area contributed by atoms with E-state index in [0.29, 0.717) is 13.2 Å². The molecule has 0 spiro atoms. The van der Waals surface area contributed by atoms with Crippen molar-refractivity contribution in [3.8, 4) is 5.75 Å². The Labute approximate surface area is 143 Å². The molecule has 6 nitrogen and oxygen atoms in total. The van der Waals surface area contributed by atoms with Crippen LogP contribution >= 0.6 is 0 Å². The molecule has 1 heterocycles. The first-order valence-electron chi connectivity index (χ1n) is 8.31. The van der Waals surface area contributed by atoms with Crippen LogP contribution in [-0.4, -0.2) is 49.1 Å². The summed E-state index contributed by atoms with van der Waals surface area (Å²) in [5, 5.41) is 2.90. The smallest absolute Gasteiger partial charge is 0.326 e. The van der Waals surface area contributed by atoms with Crippen LogP contribution in [0.2, 0.25) is 0 Å². The van der Waals surface area contributed by atoms with E-state index in [4.69, 9.17) is 9.47 Å². The highest BCUT2D eigenvalue weighted by Crippen LogP contribution is 2.29. The normalized spacial score (nSPS) is 20.6. The fourth-order valence-electron chi connectivity index (χ4n) is 2.96. The summed E-state index contributed by atoms with van der Waals surface area (Å²) < 4.78 is 10.3. The molecule has 0 aliphatic carbocycles. The Morgan fingerprint density at radius 2 is 2.00 bits per heavy atom. The van der Waals surface area contributed by atoms with Crippen molar-refractivity contribution in [3.05, 3.63) is 29.8 Å². The molecule has 0 bridgehead atoms. The molecule has 6 heteroatoms. The molecule has 2 rings (SSSR count). The first kappa shape index (κ1) is 18.3. The number of methoxy groups -OCH3 is 1. The molecule has 0 radical (unpaired) electrons. The van der Waals surface area contributed by atoms with Gasteiger partial charge in [0.15, 0.2) is 0 Å². The van der Waals surface area contributed by atoms with E-state index in [2.05, 4.69) is 5.32 Å². The molecule has 0 aromatic heterocycles. The van der Waals surface area contributed by atoms with E-state index in [1.807, 2.05) is 36.1 Å². The molecule has 1 aromatic carbocycles. The lowest BCUT2D eigenvalue weighted by Crippen LogP contribution is -2.52. The van der Waals surface area contributed by atoms with Crippen LogP contribution in [0, 0.1) is 0 Å². The van der Waals surface area contributed by atoms with Crippen LogP contribution in [-0.2, 0) is 20.9 Å². The van der Waals surface area contributed by atoms with Crippen LogP contribution in [0.3, 0.4) is 0 Å². The predicted molar refractivity (Wildman–Crippen MR) is 90.7 cm³/mol. The summed E-state index contributed by atoms with van der Waals surface area (Å²) in [5.41, 5.74) is 0.298. The number of carbonyl (C=O) groups is 2. The average Bonchev–Trinajstić information content (AvgIpc) is 2.95. The van der Waals surface area contributed by atoms with Gasteiger partial charge in [-0.2, -0.15) is 0 Å². The summed E-state index contributed by atoms with van der Waals surface area (Å²) in [6.07, 6.45) is 1.61. The van der Waals surface area contributed by atoms with Crippen molar-refractivity contribution in [1.82, 2.24) is 10.2 Å². The zero-order valence-corrected chi connectivity index (χ0v) is 14.6. The van der Waals surface area contributed by atoms with Gasteiger partial charge in [-0.1, -0.05) is 12.1 Å². The molecule has 1 aliphatic heterocycles. The average molecular weight is 334 g/mol. The zero-order chi connectivity index (χ0) is 17.6. The van der Waals surface area contributed by atoms with Gasteiger partial charge >= 0.3 is 5.97 Å². The van der Waals surface area contributed by atoms with Crippen LogP contribution in [0.1, 0.15) is 32.3 Å². The van der Waals surface area contributed by atoms with Crippen molar-refractivity contribution in [2.45, 2.75) is 38.8 Å². The summed E-state index contributed by atoms with van der Waals surface area (Å²) in [6.45, 7) is 5.38. The monoisotopic (exact) mass is 334 g/mol. The maximum absolute atomic E-state index is 12.2. The number of esters is 1. The molecular weight excluding hydrogens is 308 g/mol. The third kappa shape index (κ3) is 4.26. The third-order valence-electron chi connectivity index (χ3n) is 4.49. The van der Waals surface area contributed by atoms with Crippen molar-refractivity contribution in [1.29, 1.82) is 0 Å². The van der Waals surface area contributed by atoms with E-state index in [0.717, 1.165) is 30.7 Å². The van der Waals surface area contributed by atoms with Crippen LogP contribution < -0.4 is 10.1 Å². The van der Waals surface area contributed by atoms with E-state index in [1.54, 1.807) is 14.0 Å². The van der Waals surface area contributed by atoms with Gasteiger partial charge in [0, 0.05) is 6.54 Å². The summed E-state index contributed by atoms with van der Waals surface area (Å²) in [6, 6.07) is 7.55. The molecular formula is C18H26N2O4. The van der Waals surface area contributed by atoms with Gasteiger partial charge in [0.2, 0.25) is 5.91 Å². The molecule has 1 aliphatic rings. The van der Waals surface area contributed by atoms with Gasteiger partial charge in [-0.15, -0.1) is 0 Å². The topological polar surface area (TPSA) is 67.9 Å². The molecule has 24 heavy (non-hydrogen) atoms. The van der Waals surface area contributed by atoms with E-state index >= 15 is 0 Å². The molecule has 1 N–H and O–H groups in total. The summed E-state index contributed by atoms with van der Waals surface area (Å²) >= 11 is 0. The summed E-state index contributed by atoms with van der Waals surface area (Å²) in [7, 11) is 1.62. The van der Waals surface area contributed by atoms with Crippen molar-refractivity contribution < 1.29 is 19.1 Å². The molecule has 1 fully saturated rings. The van der Waals surface area contributed by atoms with Crippen molar-refractivity contribution in [3.63, 3.8) is 0 Å². The number of ether oxygens (including phenoxy) is 2. The standard InChI is InChI=1S/C18H26N2O4/c1-4-24-17(22)18(2)10-5-11-20(18)13-16(21)19-12-14-6-8-15(23-3)9-7-14/h6-9H,4-5,10-13H2,1-3H3,(H,19,21)/t18-/m1/s1. The second kappa shape index (κ2) is 8.15. The Morgan fingerprint density at radius 1 is 1.29 bits per heavy atom. The second-order valence-electron chi connectivity index (χ2n) is 6.14.